The molecule has 0 aliphatic rings. The van der Waals surface area contributed by atoms with Gasteiger partial charge in [0.15, 0.2) is 5.58 Å². The van der Waals surface area contributed by atoms with Gasteiger partial charge >= 0.3 is 0 Å². The Labute approximate surface area is 160 Å². The smallest absolute Gasteiger partial charge is 0.291 e. The topological polar surface area (TPSA) is 94.9 Å². The van der Waals surface area contributed by atoms with Crippen molar-refractivity contribution in [2.75, 3.05) is 0 Å². The summed E-state index contributed by atoms with van der Waals surface area (Å²) in [7, 11) is 0. The number of nitrogens with zero attached hydrogens (tertiary/aromatic N) is 4. The molecule has 1 amide bonds. The number of aryl methyl sites for hydroxylation is 1. The summed E-state index contributed by atoms with van der Waals surface area (Å²) >= 11 is 0. The van der Waals surface area contributed by atoms with Gasteiger partial charge in [0.05, 0.1) is 17.1 Å². The molecule has 0 unspecified atom stereocenters. The molecule has 4 rings (SSSR count). The lowest BCUT2D eigenvalue weighted by atomic mass is 10.3. The quantitative estimate of drug-likeness (QED) is 0.520. The minimum absolute atomic E-state index is 0.167. The zero-order valence-corrected chi connectivity index (χ0v) is 15.4. The van der Waals surface area contributed by atoms with Gasteiger partial charge in [-0.15, -0.1) is 6.58 Å². The molecule has 0 aliphatic carbocycles. The van der Waals surface area contributed by atoms with Crippen molar-refractivity contribution in [2.45, 2.75) is 26.6 Å². The van der Waals surface area contributed by atoms with E-state index in [-0.39, 0.29) is 18.0 Å². The average molecular weight is 377 g/mol. The number of hydrogen-bond donors (Lipinski definition) is 1. The normalized spacial score (nSPS) is 11.2. The minimum Gasteiger partial charge on any atom is -0.459 e. The summed E-state index contributed by atoms with van der Waals surface area (Å²) < 4.78 is 8.74. The van der Waals surface area contributed by atoms with Crippen LogP contribution in [0.5, 0.6) is 0 Å². The predicted octanol–water partition coefficient (Wildman–Crippen LogP) is 2.15. The maximum Gasteiger partial charge on any atom is 0.291 e. The lowest BCUT2D eigenvalue weighted by molar-refractivity contribution is -0.122. The van der Waals surface area contributed by atoms with Crippen LogP contribution in [0.25, 0.3) is 22.0 Å². The van der Waals surface area contributed by atoms with Crippen molar-refractivity contribution in [2.24, 2.45) is 0 Å². The van der Waals surface area contributed by atoms with Crippen LogP contribution < -0.4 is 10.9 Å². The number of pyridine rings is 1. The van der Waals surface area contributed by atoms with E-state index in [0.717, 1.165) is 21.5 Å². The first kappa shape index (κ1) is 17.7. The van der Waals surface area contributed by atoms with Crippen LogP contribution in [0, 0.1) is 6.92 Å². The van der Waals surface area contributed by atoms with Crippen molar-refractivity contribution in [1.82, 2.24) is 24.6 Å². The Bertz CT molecular complexity index is 1230. The van der Waals surface area contributed by atoms with Gasteiger partial charge in [-0.3, -0.25) is 14.6 Å². The Kier molecular flexibility index (Phi) is 4.52. The first-order chi connectivity index (χ1) is 13.6. The molecular weight excluding hydrogens is 358 g/mol. The molecule has 8 heteroatoms. The number of rotatable bonds is 6. The number of fused-ring (bicyclic) bond motifs is 3. The van der Waals surface area contributed by atoms with Crippen molar-refractivity contribution in [1.29, 1.82) is 0 Å². The third kappa shape index (κ3) is 3.09. The molecule has 0 fully saturated rings. The van der Waals surface area contributed by atoms with Gasteiger partial charge in [0.25, 0.3) is 5.56 Å². The summed E-state index contributed by atoms with van der Waals surface area (Å²) in [6.45, 7) is 6.26. The second-order valence-electron chi connectivity index (χ2n) is 6.47. The average Bonchev–Trinajstić information content (AvgIpc) is 3.20. The minimum atomic E-state index is -0.345. The molecule has 28 heavy (non-hydrogen) atoms. The van der Waals surface area contributed by atoms with Crippen molar-refractivity contribution >= 4 is 27.9 Å². The van der Waals surface area contributed by atoms with E-state index >= 15 is 0 Å². The first-order valence-electron chi connectivity index (χ1n) is 8.83. The summed E-state index contributed by atoms with van der Waals surface area (Å²) in [5.74, 6) is 0.455. The zero-order valence-electron chi connectivity index (χ0n) is 15.4. The zero-order chi connectivity index (χ0) is 19.7. The third-order valence-corrected chi connectivity index (χ3v) is 4.50. The molecule has 4 aromatic rings. The van der Waals surface area contributed by atoms with Gasteiger partial charge < -0.3 is 14.3 Å². The van der Waals surface area contributed by atoms with E-state index in [4.69, 9.17) is 4.42 Å². The molecule has 0 aromatic carbocycles. The number of carbonyl (C=O) groups is 1. The standard InChI is InChI=1S/C20H19N5O3/c1-3-8-24-16-9-13(2)28-19(16)15-11-23-25(20(27)18(15)24)12-17(26)22-10-14-4-6-21-7-5-14/h3-7,9,11H,1,8,10,12H2,2H3,(H,22,26). The number of furan rings is 1. The van der Waals surface area contributed by atoms with Crippen molar-refractivity contribution in [3.05, 3.63) is 71.1 Å². The SMILES string of the molecule is C=CCn1c2cc(C)oc2c2cnn(CC(=O)NCc3ccncc3)c(=O)c21. The summed E-state index contributed by atoms with van der Waals surface area (Å²) in [5, 5.41) is 7.58. The number of allylic oxidation sites excluding steroid dienone is 1. The van der Waals surface area contributed by atoms with Crippen molar-refractivity contribution in [3.8, 4) is 0 Å². The Morgan fingerprint density at radius 2 is 2.14 bits per heavy atom. The van der Waals surface area contributed by atoms with E-state index < -0.39 is 0 Å². The highest BCUT2D eigenvalue weighted by molar-refractivity contribution is 6.04. The van der Waals surface area contributed by atoms with Gasteiger partial charge in [-0.2, -0.15) is 5.10 Å². The molecule has 4 heterocycles. The van der Waals surface area contributed by atoms with Crippen LogP contribution in [0.3, 0.4) is 0 Å². The predicted molar refractivity (Wildman–Crippen MR) is 105 cm³/mol. The highest BCUT2D eigenvalue weighted by atomic mass is 16.3. The summed E-state index contributed by atoms with van der Waals surface area (Å²) in [6, 6.07) is 5.51. The fourth-order valence-corrected chi connectivity index (χ4v) is 3.24. The fourth-order valence-electron chi connectivity index (χ4n) is 3.24. The van der Waals surface area contributed by atoms with Crippen LogP contribution in [0.1, 0.15) is 11.3 Å². The van der Waals surface area contributed by atoms with Gasteiger partial charge in [0.1, 0.15) is 17.8 Å². The first-order valence-corrected chi connectivity index (χ1v) is 8.83. The van der Waals surface area contributed by atoms with Crippen LogP contribution in [-0.4, -0.2) is 25.2 Å². The highest BCUT2D eigenvalue weighted by Gasteiger charge is 2.19. The van der Waals surface area contributed by atoms with E-state index in [9.17, 15) is 9.59 Å². The Hall–Kier alpha value is -3.68. The van der Waals surface area contributed by atoms with Gasteiger partial charge in [-0.05, 0) is 24.6 Å². The molecule has 0 aliphatic heterocycles. The molecule has 0 atom stereocenters. The molecule has 142 valence electrons. The highest BCUT2D eigenvalue weighted by Crippen LogP contribution is 2.29. The second-order valence-corrected chi connectivity index (χ2v) is 6.47. The Morgan fingerprint density at radius 1 is 1.36 bits per heavy atom. The third-order valence-electron chi connectivity index (χ3n) is 4.50. The van der Waals surface area contributed by atoms with Gasteiger partial charge in [0, 0.05) is 31.5 Å². The number of aromatic nitrogens is 4. The number of carbonyl (C=O) groups excluding carboxylic acids is 1. The number of hydrogen-bond acceptors (Lipinski definition) is 5. The molecule has 0 saturated heterocycles. The van der Waals surface area contributed by atoms with Crippen molar-refractivity contribution < 1.29 is 9.21 Å². The fraction of sp³-hybridized carbons (Fsp3) is 0.200. The Balaban J connectivity index is 1.65. The van der Waals surface area contributed by atoms with Gasteiger partial charge in [-0.1, -0.05) is 6.08 Å². The summed E-state index contributed by atoms with van der Waals surface area (Å²) in [6.07, 6.45) is 6.60. The molecule has 0 spiro atoms. The van der Waals surface area contributed by atoms with Crippen LogP contribution in [0.15, 0.2) is 58.7 Å². The molecule has 0 bridgehead atoms. The molecular formula is C20H19N5O3. The van der Waals surface area contributed by atoms with Crippen molar-refractivity contribution in [3.63, 3.8) is 0 Å². The Morgan fingerprint density at radius 3 is 2.89 bits per heavy atom. The van der Waals surface area contributed by atoms with Crippen LogP contribution in [0.4, 0.5) is 0 Å². The van der Waals surface area contributed by atoms with Crippen LogP contribution in [-0.2, 0) is 24.4 Å². The van der Waals surface area contributed by atoms with E-state index in [1.165, 1.54) is 0 Å². The van der Waals surface area contributed by atoms with Crippen LogP contribution >= 0.6 is 0 Å². The van der Waals surface area contributed by atoms with E-state index in [2.05, 4.69) is 22.0 Å². The summed E-state index contributed by atoms with van der Waals surface area (Å²) in [5.41, 5.74) is 2.46. The molecule has 1 N–H and O–H groups in total. The van der Waals surface area contributed by atoms with Crippen LogP contribution in [0.2, 0.25) is 0 Å². The van der Waals surface area contributed by atoms with Gasteiger partial charge in [-0.25, -0.2) is 4.68 Å². The summed E-state index contributed by atoms with van der Waals surface area (Å²) in [4.78, 5) is 29.2. The lowest BCUT2D eigenvalue weighted by Gasteiger charge is -2.08. The van der Waals surface area contributed by atoms with Gasteiger partial charge in [0.2, 0.25) is 5.91 Å². The molecule has 0 saturated carbocycles. The molecule has 4 aromatic heterocycles. The monoisotopic (exact) mass is 377 g/mol. The molecule has 0 radical (unpaired) electrons. The van der Waals surface area contributed by atoms with E-state index in [1.807, 2.05) is 29.7 Å². The van der Waals surface area contributed by atoms with E-state index in [1.54, 1.807) is 24.7 Å². The lowest BCUT2D eigenvalue weighted by Crippen LogP contribution is -2.33. The maximum atomic E-state index is 13.0. The maximum absolute atomic E-state index is 13.0. The largest absolute Gasteiger partial charge is 0.459 e. The number of amides is 1. The number of nitrogens with one attached hydrogen (secondary N) is 1. The van der Waals surface area contributed by atoms with E-state index in [0.29, 0.717) is 29.6 Å². The molecule has 8 nitrogen and oxygen atoms in total. The second kappa shape index (κ2) is 7.15.